The van der Waals surface area contributed by atoms with Crippen LogP contribution in [-0.2, 0) is 10.7 Å². The fourth-order valence-electron chi connectivity index (χ4n) is 1.41. The lowest BCUT2D eigenvalue weighted by Gasteiger charge is -2.16. The molecule has 1 N–H and O–H groups in total. The molecule has 0 aromatic heterocycles. The molecule has 96 valence electrons. The van der Waals surface area contributed by atoms with Crippen molar-refractivity contribution in [2.75, 3.05) is 26.3 Å². The minimum absolute atomic E-state index is 0.00140. The Balaban J connectivity index is 2.26. The Bertz CT molecular complexity index is 304. The van der Waals surface area contributed by atoms with Crippen LogP contribution in [0.5, 0.6) is 0 Å². The molecule has 1 aromatic carbocycles. The highest BCUT2D eigenvalue weighted by atomic mass is 19.3. The average Bonchev–Trinajstić information content (AvgIpc) is 2.35. The number of ether oxygens (including phenoxy) is 1. The van der Waals surface area contributed by atoms with E-state index in [0.717, 1.165) is 13.0 Å². The van der Waals surface area contributed by atoms with E-state index in [0.29, 0.717) is 13.2 Å². The molecule has 0 spiro atoms. The van der Waals surface area contributed by atoms with Crippen LogP contribution < -0.4 is 5.32 Å². The zero-order chi connectivity index (χ0) is 12.6. The van der Waals surface area contributed by atoms with Gasteiger partial charge >= 0.3 is 0 Å². The van der Waals surface area contributed by atoms with Gasteiger partial charge in [0.15, 0.2) is 0 Å². The summed E-state index contributed by atoms with van der Waals surface area (Å²) in [6, 6.07) is 7.75. The lowest BCUT2D eigenvalue weighted by Crippen LogP contribution is -2.25. The molecule has 0 aliphatic carbocycles. The summed E-state index contributed by atoms with van der Waals surface area (Å²) in [6.07, 6.45) is 1.03. The van der Waals surface area contributed by atoms with Gasteiger partial charge in [-0.1, -0.05) is 37.3 Å². The van der Waals surface area contributed by atoms with E-state index in [9.17, 15) is 8.78 Å². The summed E-state index contributed by atoms with van der Waals surface area (Å²) in [7, 11) is 0. The number of nitrogens with one attached hydrogen (secondary N) is 1. The Morgan fingerprint density at radius 3 is 2.53 bits per heavy atom. The Labute approximate surface area is 101 Å². The predicted octanol–water partition coefficient (Wildman–Crippen LogP) is 2.79. The second kappa shape index (κ2) is 7.35. The third-order valence-electron chi connectivity index (χ3n) is 2.33. The number of benzene rings is 1. The Kier molecular flexibility index (Phi) is 6.08. The van der Waals surface area contributed by atoms with E-state index in [1.165, 1.54) is 12.1 Å². The van der Waals surface area contributed by atoms with Crippen molar-refractivity contribution in [1.82, 2.24) is 5.32 Å². The zero-order valence-electron chi connectivity index (χ0n) is 10.1. The van der Waals surface area contributed by atoms with Gasteiger partial charge in [0.25, 0.3) is 5.92 Å². The maximum Gasteiger partial charge on any atom is 0.296 e. The number of alkyl halides is 2. The van der Waals surface area contributed by atoms with Gasteiger partial charge < -0.3 is 10.1 Å². The maximum atomic E-state index is 13.6. The molecule has 1 aromatic rings. The van der Waals surface area contributed by atoms with E-state index in [1.807, 2.05) is 0 Å². The van der Waals surface area contributed by atoms with E-state index < -0.39 is 12.5 Å². The number of hydrogen-bond acceptors (Lipinski definition) is 2. The summed E-state index contributed by atoms with van der Waals surface area (Å²) < 4.78 is 32.2. The summed E-state index contributed by atoms with van der Waals surface area (Å²) >= 11 is 0. The van der Waals surface area contributed by atoms with Crippen molar-refractivity contribution in [1.29, 1.82) is 0 Å². The van der Waals surface area contributed by atoms with Crippen molar-refractivity contribution in [2.24, 2.45) is 0 Å². The minimum atomic E-state index is -2.91. The van der Waals surface area contributed by atoms with E-state index >= 15 is 0 Å². The Morgan fingerprint density at radius 2 is 1.88 bits per heavy atom. The lowest BCUT2D eigenvalue weighted by molar-refractivity contribution is -0.0818. The number of halogens is 2. The monoisotopic (exact) mass is 243 g/mol. The van der Waals surface area contributed by atoms with Crippen LogP contribution in [0.2, 0.25) is 0 Å². The van der Waals surface area contributed by atoms with Crippen LogP contribution in [0.3, 0.4) is 0 Å². The second-order valence-electron chi connectivity index (χ2n) is 3.87. The fourth-order valence-corrected chi connectivity index (χ4v) is 1.41. The SMILES string of the molecule is CCCNCCOCC(F)(F)c1ccccc1. The Morgan fingerprint density at radius 1 is 1.18 bits per heavy atom. The first-order valence-electron chi connectivity index (χ1n) is 5.88. The maximum absolute atomic E-state index is 13.6. The molecular weight excluding hydrogens is 224 g/mol. The van der Waals surface area contributed by atoms with Gasteiger partial charge in [0, 0.05) is 12.1 Å². The van der Waals surface area contributed by atoms with E-state index in [2.05, 4.69) is 12.2 Å². The highest BCUT2D eigenvalue weighted by Gasteiger charge is 2.31. The molecule has 2 nitrogen and oxygen atoms in total. The summed E-state index contributed by atoms with van der Waals surface area (Å²) in [5.74, 6) is -2.91. The summed E-state index contributed by atoms with van der Waals surface area (Å²) in [6.45, 7) is 3.29. The molecule has 1 rings (SSSR count). The fraction of sp³-hybridized carbons (Fsp3) is 0.538. The van der Waals surface area contributed by atoms with Gasteiger partial charge in [-0.2, -0.15) is 8.78 Å². The smallest absolute Gasteiger partial charge is 0.296 e. The van der Waals surface area contributed by atoms with Gasteiger partial charge in [0.1, 0.15) is 6.61 Å². The molecule has 0 fully saturated rings. The first kappa shape index (κ1) is 14.1. The van der Waals surface area contributed by atoms with E-state index in [1.54, 1.807) is 18.2 Å². The van der Waals surface area contributed by atoms with Crippen molar-refractivity contribution in [3.05, 3.63) is 35.9 Å². The summed E-state index contributed by atoms with van der Waals surface area (Å²) in [5, 5.41) is 3.09. The van der Waals surface area contributed by atoms with Crippen molar-refractivity contribution in [2.45, 2.75) is 19.3 Å². The van der Waals surface area contributed by atoms with Crippen LogP contribution in [0, 0.1) is 0 Å². The molecule has 0 saturated heterocycles. The van der Waals surface area contributed by atoms with Gasteiger partial charge in [-0.25, -0.2) is 0 Å². The molecular formula is C13H19F2NO. The Hall–Kier alpha value is -1.00. The van der Waals surface area contributed by atoms with Gasteiger partial charge in [0.05, 0.1) is 6.61 Å². The van der Waals surface area contributed by atoms with Crippen molar-refractivity contribution in [3.8, 4) is 0 Å². The van der Waals surface area contributed by atoms with Crippen LogP contribution >= 0.6 is 0 Å². The summed E-state index contributed by atoms with van der Waals surface area (Å²) in [5.41, 5.74) is 0.00140. The van der Waals surface area contributed by atoms with Crippen LogP contribution in [0.1, 0.15) is 18.9 Å². The molecule has 0 bridgehead atoms. The standard InChI is InChI=1S/C13H19F2NO/c1-2-8-16-9-10-17-11-13(14,15)12-6-4-3-5-7-12/h3-7,16H,2,8-11H2,1H3. The molecule has 0 saturated carbocycles. The van der Waals surface area contributed by atoms with Gasteiger partial charge in [-0.15, -0.1) is 0 Å². The highest BCUT2D eigenvalue weighted by molar-refractivity contribution is 5.19. The van der Waals surface area contributed by atoms with Crippen molar-refractivity contribution >= 4 is 0 Å². The molecule has 17 heavy (non-hydrogen) atoms. The topological polar surface area (TPSA) is 21.3 Å². The largest absolute Gasteiger partial charge is 0.373 e. The first-order valence-corrected chi connectivity index (χ1v) is 5.88. The molecule has 0 radical (unpaired) electrons. The first-order chi connectivity index (χ1) is 8.17. The van der Waals surface area contributed by atoms with Crippen LogP contribution in [0.15, 0.2) is 30.3 Å². The minimum Gasteiger partial charge on any atom is -0.373 e. The highest BCUT2D eigenvalue weighted by Crippen LogP contribution is 2.27. The molecule has 0 atom stereocenters. The normalized spacial score (nSPS) is 11.7. The molecule has 0 amide bonds. The second-order valence-corrected chi connectivity index (χ2v) is 3.87. The van der Waals surface area contributed by atoms with E-state index in [-0.39, 0.29) is 5.56 Å². The third-order valence-corrected chi connectivity index (χ3v) is 2.33. The molecule has 0 unspecified atom stereocenters. The van der Waals surface area contributed by atoms with Gasteiger partial charge in [-0.05, 0) is 13.0 Å². The molecule has 4 heteroatoms. The van der Waals surface area contributed by atoms with Crippen LogP contribution in [-0.4, -0.2) is 26.3 Å². The zero-order valence-corrected chi connectivity index (χ0v) is 10.1. The van der Waals surface area contributed by atoms with Crippen molar-refractivity contribution in [3.63, 3.8) is 0 Å². The predicted molar refractivity (Wildman–Crippen MR) is 64.3 cm³/mol. The lowest BCUT2D eigenvalue weighted by atomic mass is 10.1. The van der Waals surface area contributed by atoms with Crippen LogP contribution in [0.4, 0.5) is 8.78 Å². The molecule has 0 aliphatic heterocycles. The average molecular weight is 243 g/mol. The summed E-state index contributed by atoms with van der Waals surface area (Å²) in [4.78, 5) is 0. The third kappa shape index (κ3) is 5.24. The van der Waals surface area contributed by atoms with Gasteiger partial charge in [0.2, 0.25) is 0 Å². The number of hydrogen-bond donors (Lipinski definition) is 1. The van der Waals surface area contributed by atoms with E-state index in [4.69, 9.17) is 4.74 Å². The number of rotatable bonds is 8. The van der Waals surface area contributed by atoms with Crippen molar-refractivity contribution < 1.29 is 13.5 Å². The quantitative estimate of drug-likeness (QED) is 0.709. The van der Waals surface area contributed by atoms with Crippen LogP contribution in [0.25, 0.3) is 0 Å². The molecule has 0 aliphatic rings. The van der Waals surface area contributed by atoms with Gasteiger partial charge in [-0.3, -0.25) is 0 Å². The molecule has 0 heterocycles.